The second kappa shape index (κ2) is 15.8. The molecule has 2 aromatic rings. The van der Waals surface area contributed by atoms with Crippen molar-refractivity contribution in [3.05, 3.63) is 65.2 Å². The minimum Gasteiger partial charge on any atom is -0.508 e. The number of allylic oxidation sites excluding steroid dienone is 2. The number of halogens is 4. The fraction of sp³-hybridized carbons (Fsp3) is 0.545. The van der Waals surface area contributed by atoms with E-state index in [1.54, 1.807) is 0 Å². The van der Waals surface area contributed by atoms with Gasteiger partial charge in [0.15, 0.2) is 0 Å². The van der Waals surface area contributed by atoms with Crippen LogP contribution in [0.5, 0.6) is 5.75 Å². The molecule has 0 radical (unpaired) electrons. The van der Waals surface area contributed by atoms with E-state index in [0.717, 1.165) is 76.6 Å². The van der Waals surface area contributed by atoms with Crippen molar-refractivity contribution in [1.82, 2.24) is 5.32 Å². The molecule has 1 aliphatic carbocycles. The lowest BCUT2D eigenvalue weighted by molar-refractivity contribution is -0.200. The third-order valence-electron chi connectivity index (χ3n) is 7.66. The summed E-state index contributed by atoms with van der Waals surface area (Å²) < 4.78 is 52.5. The molecular weight excluding hydrogens is 534 g/mol. The quantitative estimate of drug-likeness (QED) is 0.111. The number of nitrogens with one attached hydrogen (secondary N) is 1. The molecule has 2 nitrogen and oxygen atoms in total. The van der Waals surface area contributed by atoms with Crippen molar-refractivity contribution in [1.29, 1.82) is 0 Å². The van der Waals surface area contributed by atoms with Crippen molar-refractivity contribution in [3.63, 3.8) is 0 Å². The van der Waals surface area contributed by atoms with Crippen LogP contribution in [0.2, 0.25) is 0 Å². The number of hydrogen-bond acceptors (Lipinski definition) is 2. The first-order chi connectivity index (χ1) is 19.1. The maximum absolute atomic E-state index is 13.4. The highest BCUT2D eigenvalue weighted by atomic mass is 32.2. The molecule has 0 aliphatic heterocycles. The van der Waals surface area contributed by atoms with Crippen molar-refractivity contribution in [2.45, 2.75) is 89.4 Å². The van der Waals surface area contributed by atoms with Gasteiger partial charge in [0.25, 0.3) is 0 Å². The van der Waals surface area contributed by atoms with Gasteiger partial charge in [0.05, 0.1) is 0 Å². The molecule has 0 amide bonds. The molecule has 0 fully saturated rings. The molecule has 40 heavy (non-hydrogen) atoms. The van der Waals surface area contributed by atoms with E-state index >= 15 is 0 Å². The maximum atomic E-state index is 13.4. The van der Waals surface area contributed by atoms with Crippen LogP contribution in [0.15, 0.2) is 48.5 Å². The Morgan fingerprint density at radius 2 is 1.57 bits per heavy atom. The van der Waals surface area contributed by atoms with Gasteiger partial charge in [-0.15, -0.1) is 0 Å². The summed E-state index contributed by atoms with van der Waals surface area (Å²) in [4.78, 5) is 0. The predicted molar refractivity (Wildman–Crippen MR) is 164 cm³/mol. The Morgan fingerprint density at radius 1 is 0.875 bits per heavy atom. The van der Waals surface area contributed by atoms with E-state index in [1.807, 2.05) is 12.1 Å². The highest BCUT2D eigenvalue weighted by molar-refractivity contribution is 8.14. The van der Waals surface area contributed by atoms with Gasteiger partial charge in [0, 0.05) is 13.3 Å². The van der Waals surface area contributed by atoms with Gasteiger partial charge in [0.1, 0.15) is 5.75 Å². The first kappa shape index (κ1) is 32.4. The van der Waals surface area contributed by atoms with E-state index in [0.29, 0.717) is 11.5 Å². The van der Waals surface area contributed by atoms with Gasteiger partial charge < -0.3 is 10.4 Å². The number of unbranched alkanes of at least 4 members (excludes halogenated alkanes) is 3. The Balaban J connectivity index is 1.34. The standard InChI is InChI=1S/C33H45F4NOS/c1-32(34,35)33(36,37)20-11-23-40(2)24-12-22-38-21-9-4-3-8-16-31-29(26-13-6-5-7-14-26)17-10-15-27-25-28(39)18-19-30(27)31/h5-7,13-14,18-19,25,38-39H,2-4,8-12,15-17,20-24H2,1H3. The van der Waals surface area contributed by atoms with Gasteiger partial charge in [-0.05, 0) is 116 Å². The summed E-state index contributed by atoms with van der Waals surface area (Å²) in [7, 11) is -0.267. The molecule has 7 heteroatoms. The van der Waals surface area contributed by atoms with Crippen LogP contribution >= 0.6 is 10.5 Å². The van der Waals surface area contributed by atoms with Crippen LogP contribution in [0.1, 0.15) is 87.8 Å². The van der Waals surface area contributed by atoms with Crippen LogP contribution in [0.4, 0.5) is 17.6 Å². The normalized spacial score (nSPS) is 15.1. The largest absolute Gasteiger partial charge is 0.508 e. The highest BCUT2D eigenvalue weighted by Gasteiger charge is 2.51. The molecule has 1 aliphatic rings. The Labute approximate surface area is 240 Å². The number of benzene rings is 2. The van der Waals surface area contributed by atoms with E-state index < -0.39 is 18.3 Å². The molecule has 1 unspecified atom stereocenters. The number of aromatic hydroxyl groups is 1. The van der Waals surface area contributed by atoms with Gasteiger partial charge in [-0.25, -0.2) is 8.78 Å². The number of alkyl halides is 4. The van der Waals surface area contributed by atoms with Gasteiger partial charge >= 0.3 is 11.8 Å². The smallest absolute Gasteiger partial charge is 0.309 e. The molecule has 0 saturated carbocycles. The molecule has 0 bridgehead atoms. The van der Waals surface area contributed by atoms with E-state index in [9.17, 15) is 22.7 Å². The average Bonchev–Trinajstić information content (AvgIpc) is 3.08. The van der Waals surface area contributed by atoms with Crippen LogP contribution < -0.4 is 5.32 Å². The third kappa shape index (κ3) is 10.1. The zero-order valence-electron chi connectivity index (χ0n) is 23.8. The van der Waals surface area contributed by atoms with E-state index in [2.05, 4.69) is 47.6 Å². The summed E-state index contributed by atoms with van der Waals surface area (Å²) in [5.41, 5.74) is 6.70. The lowest BCUT2D eigenvalue weighted by atomic mass is 9.89. The summed E-state index contributed by atoms with van der Waals surface area (Å²) in [6.45, 7) is 2.09. The summed E-state index contributed by atoms with van der Waals surface area (Å²) >= 11 is 0. The lowest BCUT2D eigenvalue weighted by Crippen LogP contribution is -2.37. The summed E-state index contributed by atoms with van der Waals surface area (Å²) in [6, 6.07) is 16.5. The highest BCUT2D eigenvalue weighted by Crippen LogP contribution is 2.40. The van der Waals surface area contributed by atoms with Crippen LogP contribution in [0.3, 0.4) is 0 Å². The number of aryl methyl sites for hydroxylation is 1. The Kier molecular flexibility index (Phi) is 12.8. The Morgan fingerprint density at radius 3 is 2.33 bits per heavy atom. The molecule has 2 aromatic carbocycles. The van der Waals surface area contributed by atoms with E-state index in [1.165, 1.54) is 27.8 Å². The molecule has 3 rings (SSSR count). The van der Waals surface area contributed by atoms with Crippen molar-refractivity contribution in [2.24, 2.45) is 0 Å². The van der Waals surface area contributed by atoms with E-state index in [-0.39, 0.29) is 23.8 Å². The first-order valence-electron chi connectivity index (χ1n) is 14.6. The molecule has 1 atom stereocenters. The molecule has 0 saturated heterocycles. The zero-order chi connectivity index (χ0) is 29.0. The molecule has 0 aromatic heterocycles. The van der Waals surface area contributed by atoms with Crippen molar-refractivity contribution in [2.75, 3.05) is 24.6 Å². The first-order valence-corrected chi connectivity index (χ1v) is 16.3. The topological polar surface area (TPSA) is 32.3 Å². The zero-order valence-corrected chi connectivity index (χ0v) is 24.6. The number of phenolic OH excluding ortho intramolecular Hbond substituents is 1. The number of rotatable bonds is 17. The second-order valence-corrected chi connectivity index (χ2v) is 13.0. The third-order valence-corrected chi connectivity index (χ3v) is 9.39. The van der Waals surface area contributed by atoms with Gasteiger partial charge in [0.2, 0.25) is 0 Å². The lowest BCUT2D eigenvalue weighted by Gasteiger charge is -2.23. The average molecular weight is 580 g/mol. The van der Waals surface area contributed by atoms with Crippen LogP contribution in [0, 0.1) is 0 Å². The molecule has 0 heterocycles. The summed E-state index contributed by atoms with van der Waals surface area (Å²) in [5, 5.41) is 13.5. The molecule has 0 spiro atoms. The second-order valence-electron chi connectivity index (χ2n) is 11.0. The van der Waals surface area contributed by atoms with Crippen LogP contribution in [-0.2, 0) is 6.42 Å². The van der Waals surface area contributed by atoms with Crippen molar-refractivity contribution < 1.29 is 22.7 Å². The fourth-order valence-corrected chi connectivity index (χ4v) is 6.65. The number of phenols is 1. The van der Waals surface area contributed by atoms with Gasteiger partial charge in [-0.1, -0.05) is 55.1 Å². The predicted octanol–water partition coefficient (Wildman–Crippen LogP) is 9.34. The summed E-state index contributed by atoms with van der Waals surface area (Å²) in [6.07, 6.45) is 8.89. The Hall–Kier alpha value is -2.12. The molecular formula is C33H45F4NOS. The fourth-order valence-electron chi connectivity index (χ4n) is 5.35. The maximum Gasteiger partial charge on any atom is 0.309 e. The monoisotopic (exact) mass is 579 g/mol. The van der Waals surface area contributed by atoms with Crippen LogP contribution in [-0.4, -0.2) is 47.4 Å². The summed E-state index contributed by atoms with van der Waals surface area (Å²) in [5.74, 6) is -2.24. The minimum atomic E-state index is -3.97. The van der Waals surface area contributed by atoms with E-state index in [4.69, 9.17) is 0 Å². The van der Waals surface area contributed by atoms with Gasteiger partial charge in [-0.2, -0.15) is 19.3 Å². The van der Waals surface area contributed by atoms with Crippen molar-refractivity contribution >= 4 is 27.5 Å². The molecule has 2 N–H and O–H groups in total. The van der Waals surface area contributed by atoms with Crippen LogP contribution in [0.25, 0.3) is 11.1 Å². The molecule has 222 valence electrons. The number of hydrogen-bond donors (Lipinski definition) is 2. The minimum absolute atomic E-state index is 0.0777. The van der Waals surface area contributed by atoms with Gasteiger partial charge in [-0.3, -0.25) is 0 Å². The number of fused-ring (bicyclic) bond motifs is 1. The SMILES string of the molecule is C=S(CCCNCCCCCCC1=C(c2ccccc2)CCCc2cc(O)ccc21)CCCC(F)(F)C(C)(F)F. The van der Waals surface area contributed by atoms with Crippen molar-refractivity contribution in [3.8, 4) is 5.75 Å². The Bertz CT molecular complexity index is 1110.